The number of aryl methyl sites for hydroxylation is 3. The minimum atomic E-state index is -0.357. The van der Waals surface area contributed by atoms with Crippen LogP contribution in [0.4, 0.5) is 5.00 Å². The van der Waals surface area contributed by atoms with Gasteiger partial charge in [-0.1, -0.05) is 6.92 Å². The number of thiocarbonyl (C=S) groups is 1. The molecule has 2 rings (SSSR count). The summed E-state index contributed by atoms with van der Waals surface area (Å²) in [7, 11) is 3.30. The molecule has 2 aromatic rings. The maximum Gasteiger partial charge on any atom is 0.340 e. The van der Waals surface area contributed by atoms with Gasteiger partial charge >= 0.3 is 5.97 Å². The van der Waals surface area contributed by atoms with Crippen molar-refractivity contribution in [1.29, 1.82) is 0 Å². The molecule has 0 saturated carbocycles. The number of carbonyl (C=O) groups is 1. The first-order chi connectivity index (χ1) is 11.9. The topological polar surface area (TPSA) is 59.4 Å². The molecule has 1 N–H and O–H groups in total. The molecule has 2 aromatic heterocycles. The standard InChI is InChI=1S/C17H24N4O2S2/c1-6-13-8-14(16(22)23-5)15(25-13)18-17(24)20(4)9-12-10-21(7-2)19-11(12)3/h8,10H,6-7,9H2,1-5H3,(H,18,24). The minimum absolute atomic E-state index is 0.357. The van der Waals surface area contributed by atoms with Gasteiger partial charge in [-0.2, -0.15) is 5.10 Å². The molecular weight excluding hydrogens is 356 g/mol. The van der Waals surface area contributed by atoms with Crippen LogP contribution in [0.5, 0.6) is 0 Å². The van der Waals surface area contributed by atoms with Gasteiger partial charge in [-0.05, 0) is 38.6 Å². The van der Waals surface area contributed by atoms with E-state index in [1.165, 1.54) is 18.4 Å². The molecule has 0 aliphatic carbocycles. The number of anilines is 1. The predicted molar refractivity (Wildman–Crippen MR) is 105 cm³/mol. The fraction of sp³-hybridized carbons (Fsp3) is 0.471. The van der Waals surface area contributed by atoms with E-state index in [4.69, 9.17) is 17.0 Å². The van der Waals surface area contributed by atoms with E-state index in [0.29, 0.717) is 17.2 Å². The Labute approximate surface area is 157 Å². The number of ether oxygens (including phenoxy) is 1. The Morgan fingerprint density at radius 1 is 1.48 bits per heavy atom. The predicted octanol–water partition coefficient (Wildman–Crippen LogP) is 3.45. The number of esters is 1. The smallest absolute Gasteiger partial charge is 0.340 e. The van der Waals surface area contributed by atoms with Gasteiger partial charge in [0.2, 0.25) is 0 Å². The fourth-order valence-corrected chi connectivity index (χ4v) is 3.58. The van der Waals surface area contributed by atoms with Crippen LogP contribution in [0.1, 0.15) is 40.3 Å². The van der Waals surface area contributed by atoms with E-state index in [-0.39, 0.29) is 5.97 Å². The van der Waals surface area contributed by atoms with Gasteiger partial charge in [0.05, 0.1) is 18.4 Å². The number of methoxy groups -OCH3 is 1. The molecule has 0 unspecified atom stereocenters. The average Bonchev–Trinajstić information content (AvgIpc) is 3.17. The maximum atomic E-state index is 12.0. The van der Waals surface area contributed by atoms with E-state index in [1.54, 1.807) is 0 Å². The monoisotopic (exact) mass is 380 g/mol. The second-order valence-electron chi connectivity index (χ2n) is 5.68. The van der Waals surface area contributed by atoms with Gasteiger partial charge in [0, 0.05) is 36.8 Å². The molecule has 136 valence electrons. The molecule has 0 fully saturated rings. The highest BCUT2D eigenvalue weighted by molar-refractivity contribution is 7.80. The number of carbonyl (C=O) groups excluding carboxylic acids is 1. The number of thiophene rings is 1. The molecule has 0 atom stereocenters. The molecule has 0 saturated heterocycles. The normalized spacial score (nSPS) is 10.6. The number of rotatable bonds is 6. The molecule has 0 aliphatic heterocycles. The van der Waals surface area contributed by atoms with Crippen molar-refractivity contribution in [3.05, 3.63) is 34.0 Å². The van der Waals surface area contributed by atoms with Crippen LogP contribution in [-0.2, 0) is 24.2 Å². The molecule has 2 heterocycles. The van der Waals surface area contributed by atoms with Crippen LogP contribution in [-0.4, -0.2) is 39.9 Å². The van der Waals surface area contributed by atoms with Crippen molar-refractivity contribution in [3.63, 3.8) is 0 Å². The summed E-state index contributed by atoms with van der Waals surface area (Å²) in [4.78, 5) is 15.0. The van der Waals surface area contributed by atoms with Crippen molar-refractivity contribution < 1.29 is 9.53 Å². The van der Waals surface area contributed by atoms with Gasteiger partial charge in [0.25, 0.3) is 0 Å². The SMILES string of the molecule is CCc1cc(C(=O)OC)c(NC(=S)N(C)Cc2cn(CC)nc2C)s1. The molecule has 0 bridgehead atoms. The van der Waals surface area contributed by atoms with Crippen LogP contribution in [0, 0.1) is 6.92 Å². The Morgan fingerprint density at radius 3 is 2.76 bits per heavy atom. The second kappa shape index (κ2) is 8.44. The van der Waals surface area contributed by atoms with Gasteiger partial charge in [-0.15, -0.1) is 11.3 Å². The number of nitrogens with zero attached hydrogens (tertiary/aromatic N) is 3. The van der Waals surface area contributed by atoms with E-state index in [1.807, 2.05) is 35.8 Å². The molecule has 0 aliphatic rings. The lowest BCUT2D eigenvalue weighted by Crippen LogP contribution is -2.30. The summed E-state index contributed by atoms with van der Waals surface area (Å²) in [6, 6.07) is 1.86. The molecular formula is C17H24N4O2S2. The first-order valence-electron chi connectivity index (χ1n) is 8.15. The van der Waals surface area contributed by atoms with Crippen molar-refractivity contribution in [2.24, 2.45) is 0 Å². The van der Waals surface area contributed by atoms with E-state index in [2.05, 4.69) is 24.3 Å². The Balaban J connectivity index is 2.11. The summed E-state index contributed by atoms with van der Waals surface area (Å²) >= 11 is 7.03. The lowest BCUT2D eigenvalue weighted by atomic mass is 10.2. The first kappa shape index (κ1) is 19.4. The molecule has 0 spiro atoms. The third kappa shape index (κ3) is 4.58. The van der Waals surface area contributed by atoms with Crippen LogP contribution in [0.15, 0.2) is 12.3 Å². The highest BCUT2D eigenvalue weighted by Crippen LogP contribution is 2.29. The summed E-state index contributed by atoms with van der Waals surface area (Å²) < 4.78 is 6.78. The minimum Gasteiger partial charge on any atom is -0.465 e. The molecule has 0 radical (unpaired) electrons. The number of hydrogen-bond donors (Lipinski definition) is 1. The highest BCUT2D eigenvalue weighted by atomic mass is 32.1. The van der Waals surface area contributed by atoms with Crippen molar-refractivity contribution in [1.82, 2.24) is 14.7 Å². The Hall–Kier alpha value is -1.93. The number of nitrogens with one attached hydrogen (secondary N) is 1. The molecule has 8 heteroatoms. The summed E-state index contributed by atoms with van der Waals surface area (Å²) in [6.07, 6.45) is 2.89. The van der Waals surface area contributed by atoms with E-state index >= 15 is 0 Å². The van der Waals surface area contributed by atoms with Crippen molar-refractivity contribution in [2.45, 2.75) is 40.3 Å². The largest absolute Gasteiger partial charge is 0.465 e. The number of aromatic nitrogens is 2. The van der Waals surface area contributed by atoms with Crippen LogP contribution in [0.2, 0.25) is 0 Å². The van der Waals surface area contributed by atoms with E-state index in [0.717, 1.165) is 34.1 Å². The third-order valence-corrected chi connectivity index (χ3v) is 5.49. The number of hydrogen-bond acceptors (Lipinski definition) is 5. The van der Waals surface area contributed by atoms with Crippen molar-refractivity contribution >= 4 is 39.6 Å². The fourth-order valence-electron chi connectivity index (χ4n) is 2.37. The van der Waals surface area contributed by atoms with Crippen LogP contribution < -0.4 is 5.32 Å². The Morgan fingerprint density at radius 2 is 2.20 bits per heavy atom. The van der Waals surface area contributed by atoms with Gasteiger partial charge in [0.1, 0.15) is 5.00 Å². The van der Waals surface area contributed by atoms with Crippen LogP contribution in [0.3, 0.4) is 0 Å². The average molecular weight is 381 g/mol. The molecule has 0 amide bonds. The Bertz CT molecular complexity index is 767. The van der Waals surface area contributed by atoms with Crippen molar-refractivity contribution in [2.75, 3.05) is 19.5 Å². The maximum absolute atomic E-state index is 12.0. The second-order valence-corrected chi connectivity index (χ2v) is 7.21. The lowest BCUT2D eigenvalue weighted by molar-refractivity contribution is 0.0602. The Kier molecular flexibility index (Phi) is 6.55. The summed E-state index contributed by atoms with van der Waals surface area (Å²) in [5.41, 5.74) is 2.65. The quantitative estimate of drug-likeness (QED) is 0.612. The molecule has 6 nitrogen and oxygen atoms in total. The summed E-state index contributed by atoms with van der Waals surface area (Å²) in [5, 5.41) is 8.92. The molecule has 25 heavy (non-hydrogen) atoms. The van der Waals surface area contributed by atoms with Crippen LogP contribution >= 0.6 is 23.6 Å². The summed E-state index contributed by atoms with van der Waals surface area (Å²) in [6.45, 7) is 7.59. The zero-order chi connectivity index (χ0) is 18.6. The van der Waals surface area contributed by atoms with Crippen molar-refractivity contribution in [3.8, 4) is 0 Å². The highest BCUT2D eigenvalue weighted by Gasteiger charge is 2.18. The van der Waals surface area contributed by atoms with E-state index in [9.17, 15) is 4.79 Å². The van der Waals surface area contributed by atoms with Gasteiger partial charge < -0.3 is 15.0 Å². The molecule has 0 aromatic carbocycles. The third-order valence-electron chi connectivity index (χ3n) is 3.88. The van der Waals surface area contributed by atoms with E-state index < -0.39 is 0 Å². The van der Waals surface area contributed by atoms with Gasteiger partial charge in [-0.3, -0.25) is 4.68 Å². The van der Waals surface area contributed by atoms with Gasteiger partial charge in [0.15, 0.2) is 5.11 Å². The zero-order valence-corrected chi connectivity index (χ0v) is 16.9. The lowest BCUT2D eigenvalue weighted by Gasteiger charge is -2.20. The summed E-state index contributed by atoms with van der Waals surface area (Å²) in [5.74, 6) is -0.357. The van der Waals surface area contributed by atoms with Gasteiger partial charge in [-0.25, -0.2) is 4.79 Å². The zero-order valence-electron chi connectivity index (χ0n) is 15.3. The first-order valence-corrected chi connectivity index (χ1v) is 9.38. The van der Waals surface area contributed by atoms with Crippen LogP contribution in [0.25, 0.3) is 0 Å².